The summed E-state index contributed by atoms with van der Waals surface area (Å²) < 4.78 is 39.5. The topological polar surface area (TPSA) is 74.7 Å². The van der Waals surface area contributed by atoms with Gasteiger partial charge in [-0.05, 0) is 36.4 Å². The van der Waals surface area contributed by atoms with Crippen LogP contribution in [-0.2, 0) is 13.2 Å². The van der Waals surface area contributed by atoms with Crippen LogP contribution < -0.4 is 10.6 Å². The SMILES string of the molecule is Cn1cc(-c2c[nH]c3cc(NC(=O)Nc4ccc(C(F)(F)F)cc4)ccc23)cn1. The lowest BCUT2D eigenvalue weighted by atomic mass is 10.1. The standard InChI is InChI=1S/C20H16F3N5O/c1-28-11-12(9-25-28)17-10-24-18-8-15(6-7-16(17)18)27-19(29)26-14-4-2-13(3-5-14)20(21,22)23/h2-11,24H,1H3,(H2,26,27,29). The molecule has 148 valence electrons. The molecule has 29 heavy (non-hydrogen) atoms. The van der Waals surface area contributed by atoms with E-state index in [0.29, 0.717) is 5.69 Å². The van der Waals surface area contributed by atoms with Crippen LogP contribution in [-0.4, -0.2) is 20.8 Å². The normalized spacial score (nSPS) is 11.6. The molecule has 0 atom stereocenters. The second kappa shape index (κ2) is 7.01. The number of fused-ring (bicyclic) bond motifs is 1. The Morgan fingerprint density at radius 2 is 1.76 bits per heavy atom. The number of H-pyrrole nitrogens is 1. The molecule has 0 aliphatic heterocycles. The Bertz CT molecular complexity index is 1180. The smallest absolute Gasteiger partial charge is 0.360 e. The van der Waals surface area contributed by atoms with Gasteiger partial charge in [0.05, 0.1) is 11.8 Å². The van der Waals surface area contributed by atoms with Gasteiger partial charge in [0.15, 0.2) is 0 Å². The number of hydrogen-bond donors (Lipinski definition) is 3. The van der Waals surface area contributed by atoms with Crippen LogP contribution in [0.3, 0.4) is 0 Å². The van der Waals surface area contributed by atoms with Crippen molar-refractivity contribution < 1.29 is 18.0 Å². The summed E-state index contributed by atoms with van der Waals surface area (Å²) in [5.41, 5.74) is 2.83. The lowest BCUT2D eigenvalue weighted by Gasteiger charge is -2.10. The van der Waals surface area contributed by atoms with Crippen LogP contribution in [0.1, 0.15) is 5.56 Å². The van der Waals surface area contributed by atoms with Gasteiger partial charge in [0, 0.05) is 52.8 Å². The largest absolute Gasteiger partial charge is 0.416 e. The third-order valence-electron chi connectivity index (χ3n) is 4.43. The van der Waals surface area contributed by atoms with Gasteiger partial charge in [-0.15, -0.1) is 0 Å². The fourth-order valence-electron chi connectivity index (χ4n) is 3.04. The van der Waals surface area contributed by atoms with Crippen LogP contribution in [0.15, 0.2) is 61.1 Å². The zero-order chi connectivity index (χ0) is 20.6. The number of amides is 2. The van der Waals surface area contributed by atoms with Crippen molar-refractivity contribution in [2.24, 2.45) is 7.05 Å². The van der Waals surface area contributed by atoms with Gasteiger partial charge in [-0.2, -0.15) is 18.3 Å². The molecule has 0 unspecified atom stereocenters. The van der Waals surface area contributed by atoms with Gasteiger partial charge in [0.25, 0.3) is 0 Å². The number of aryl methyl sites for hydroxylation is 1. The van der Waals surface area contributed by atoms with Gasteiger partial charge in [-0.1, -0.05) is 6.07 Å². The maximum Gasteiger partial charge on any atom is 0.416 e. The van der Waals surface area contributed by atoms with Crippen molar-refractivity contribution in [3.63, 3.8) is 0 Å². The zero-order valence-electron chi connectivity index (χ0n) is 15.2. The fraction of sp³-hybridized carbons (Fsp3) is 0.100. The second-order valence-corrected chi connectivity index (χ2v) is 6.52. The predicted octanol–water partition coefficient (Wildman–Crippen LogP) is 5.23. The van der Waals surface area contributed by atoms with Gasteiger partial charge < -0.3 is 15.6 Å². The van der Waals surface area contributed by atoms with Crippen LogP contribution in [0, 0.1) is 0 Å². The number of anilines is 2. The van der Waals surface area contributed by atoms with Crippen LogP contribution in [0.4, 0.5) is 29.3 Å². The molecule has 0 saturated carbocycles. The van der Waals surface area contributed by atoms with Crippen molar-refractivity contribution in [3.05, 3.63) is 66.6 Å². The summed E-state index contributed by atoms with van der Waals surface area (Å²) in [5.74, 6) is 0. The first-order valence-electron chi connectivity index (χ1n) is 8.65. The molecule has 9 heteroatoms. The van der Waals surface area contributed by atoms with Gasteiger partial charge in [-0.25, -0.2) is 4.79 Å². The molecule has 4 aromatic rings. The number of hydrogen-bond acceptors (Lipinski definition) is 2. The number of nitrogens with one attached hydrogen (secondary N) is 3. The van der Waals surface area contributed by atoms with E-state index in [1.807, 2.05) is 25.5 Å². The molecule has 4 rings (SSSR count). The molecule has 2 aromatic heterocycles. The average Bonchev–Trinajstić information content (AvgIpc) is 3.27. The van der Waals surface area contributed by atoms with E-state index in [-0.39, 0.29) is 5.69 Å². The minimum absolute atomic E-state index is 0.260. The summed E-state index contributed by atoms with van der Waals surface area (Å²) >= 11 is 0. The number of carbonyl (C=O) groups is 1. The molecule has 2 heterocycles. The van der Waals surface area contributed by atoms with Gasteiger partial charge in [-0.3, -0.25) is 4.68 Å². The first kappa shape index (κ1) is 18.6. The Hall–Kier alpha value is -3.75. The van der Waals surface area contributed by atoms with Crippen molar-refractivity contribution in [1.82, 2.24) is 14.8 Å². The lowest BCUT2D eigenvalue weighted by Crippen LogP contribution is -2.19. The van der Waals surface area contributed by atoms with Crippen molar-refractivity contribution in [1.29, 1.82) is 0 Å². The quantitative estimate of drug-likeness (QED) is 0.441. The highest BCUT2D eigenvalue weighted by atomic mass is 19.4. The number of aromatic nitrogens is 3. The summed E-state index contributed by atoms with van der Waals surface area (Å²) in [7, 11) is 1.84. The minimum Gasteiger partial charge on any atom is -0.360 e. The van der Waals surface area contributed by atoms with Crippen LogP contribution in [0.5, 0.6) is 0 Å². The Balaban J connectivity index is 1.47. The number of halogens is 3. The number of rotatable bonds is 3. The van der Waals surface area contributed by atoms with Crippen LogP contribution in [0.25, 0.3) is 22.0 Å². The molecule has 2 aromatic carbocycles. The van der Waals surface area contributed by atoms with E-state index >= 15 is 0 Å². The van der Waals surface area contributed by atoms with Gasteiger partial charge in [0.1, 0.15) is 0 Å². The summed E-state index contributed by atoms with van der Waals surface area (Å²) in [6, 6.07) is 9.10. The highest BCUT2D eigenvalue weighted by Crippen LogP contribution is 2.31. The van der Waals surface area contributed by atoms with E-state index in [1.165, 1.54) is 12.1 Å². The molecule has 0 bridgehead atoms. The third kappa shape index (κ3) is 3.93. The monoisotopic (exact) mass is 399 g/mol. The van der Waals surface area contributed by atoms with E-state index in [1.54, 1.807) is 23.0 Å². The molecule has 0 aliphatic rings. The van der Waals surface area contributed by atoms with E-state index < -0.39 is 17.8 Å². The highest BCUT2D eigenvalue weighted by molar-refractivity contribution is 6.02. The molecule has 0 radical (unpaired) electrons. The Labute approximate surface area is 163 Å². The Kier molecular flexibility index (Phi) is 4.50. The summed E-state index contributed by atoms with van der Waals surface area (Å²) in [6.45, 7) is 0. The molecule has 0 aliphatic carbocycles. The molecule has 6 nitrogen and oxygen atoms in total. The van der Waals surface area contributed by atoms with Crippen molar-refractivity contribution in [3.8, 4) is 11.1 Å². The molecule has 3 N–H and O–H groups in total. The van der Waals surface area contributed by atoms with Crippen LogP contribution in [0.2, 0.25) is 0 Å². The second-order valence-electron chi connectivity index (χ2n) is 6.52. The van der Waals surface area contributed by atoms with Gasteiger partial charge >= 0.3 is 12.2 Å². The zero-order valence-corrected chi connectivity index (χ0v) is 15.2. The molecule has 0 saturated heterocycles. The van der Waals surface area contributed by atoms with Crippen LogP contribution >= 0.6 is 0 Å². The minimum atomic E-state index is -4.42. The summed E-state index contributed by atoms with van der Waals surface area (Å²) in [6.07, 6.45) is 1.13. The maximum atomic E-state index is 12.6. The van der Waals surface area contributed by atoms with E-state index in [2.05, 4.69) is 20.7 Å². The number of carbonyl (C=O) groups excluding carboxylic acids is 1. The highest BCUT2D eigenvalue weighted by Gasteiger charge is 2.29. The van der Waals surface area contributed by atoms with Crippen molar-refractivity contribution in [2.75, 3.05) is 10.6 Å². The first-order chi connectivity index (χ1) is 13.8. The predicted molar refractivity (Wildman–Crippen MR) is 105 cm³/mol. The summed E-state index contributed by atoms with van der Waals surface area (Å²) in [5, 5.41) is 10.3. The average molecular weight is 399 g/mol. The van der Waals surface area contributed by atoms with Gasteiger partial charge in [0.2, 0.25) is 0 Å². The maximum absolute atomic E-state index is 12.6. The Morgan fingerprint density at radius 1 is 1.07 bits per heavy atom. The molecule has 0 spiro atoms. The molecular weight excluding hydrogens is 383 g/mol. The first-order valence-corrected chi connectivity index (χ1v) is 8.65. The van der Waals surface area contributed by atoms with Crippen molar-refractivity contribution in [2.45, 2.75) is 6.18 Å². The fourth-order valence-corrected chi connectivity index (χ4v) is 3.04. The molecule has 0 fully saturated rings. The number of urea groups is 1. The van der Waals surface area contributed by atoms with E-state index in [0.717, 1.165) is 34.2 Å². The third-order valence-corrected chi connectivity index (χ3v) is 4.43. The summed E-state index contributed by atoms with van der Waals surface area (Å²) in [4.78, 5) is 15.3. The number of alkyl halides is 3. The Morgan fingerprint density at radius 3 is 2.41 bits per heavy atom. The number of nitrogens with zero attached hydrogens (tertiary/aromatic N) is 2. The number of aromatic amines is 1. The van der Waals surface area contributed by atoms with E-state index in [9.17, 15) is 18.0 Å². The molecule has 2 amide bonds. The molecular formula is C20H16F3N5O. The number of benzene rings is 2. The van der Waals surface area contributed by atoms with Crippen molar-refractivity contribution >= 4 is 28.3 Å². The lowest BCUT2D eigenvalue weighted by molar-refractivity contribution is -0.137. The van der Waals surface area contributed by atoms with E-state index in [4.69, 9.17) is 0 Å².